The Balaban J connectivity index is 1.82. The Morgan fingerprint density at radius 2 is 2.37 bits per heavy atom. The number of rotatable bonds is 5. The smallest absolute Gasteiger partial charge is 0.374 e. The van der Waals surface area contributed by atoms with Crippen LogP contribution >= 0.6 is 0 Å². The van der Waals surface area contributed by atoms with E-state index in [2.05, 4.69) is 11.4 Å². The van der Waals surface area contributed by atoms with Gasteiger partial charge >= 0.3 is 5.97 Å². The van der Waals surface area contributed by atoms with Gasteiger partial charge < -0.3 is 14.5 Å². The van der Waals surface area contributed by atoms with Crippen LogP contribution in [0.4, 0.5) is 0 Å². The van der Waals surface area contributed by atoms with E-state index < -0.39 is 24.0 Å². The minimum atomic E-state index is -0.881. The largest absolute Gasteiger partial charge is 0.457 e. The fourth-order valence-corrected chi connectivity index (χ4v) is 1.80. The Morgan fingerprint density at radius 1 is 1.63 bits per heavy atom. The van der Waals surface area contributed by atoms with E-state index in [9.17, 15) is 9.59 Å². The fourth-order valence-electron chi connectivity index (χ4n) is 1.80. The minimum Gasteiger partial charge on any atom is -0.457 e. The van der Waals surface area contributed by atoms with Crippen LogP contribution in [0.5, 0.6) is 0 Å². The second-order valence-electron chi connectivity index (χ2n) is 4.69. The topological polar surface area (TPSA) is 92.3 Å². The first-order valence-corrected chi connectivity index (χ1v) is 5.98. The molecule has 0 aromatic carbocycles. The summed E-state index contributed by atoms with van der Waals surface area (Å²) in [5, 5.41) is 11.7. The highest BCUT2D eigenvalue weighted by atomic mass is 16.5. The maximum absolute atomic E-state index is 11.7. The summed E-state index contributed by atoms with van der Waals surface area (Å²) in [6.07, 6.45) is 3.20. The number of nitriles is 1. The van der Waals surface area contributed by atoms with Gasteiger partial charge in [0.25, 0.3) is 5.91 Å². The lowest BCUT2D eigenvalue weighted by Crippen LogP contribution is -2.48. The highest BCUT2D eigenvalue weighted by molar-refractivity contribution is 5.88. The molecule has 1 atom stereocenters. The SMILES string of the molecule is C[C@](C#N)(NC(=O)COC(=O)c1ccco1)C1CC1. The number of nitrogens with zero attached hydrogens (tertiary/aromatic N) is 1. The molecule has 1 aromatic heterocycles. The number of hydrogen-bond acceptors (Lipinski definition) is 5. The molecule has 1 aliphatic rings. The Morgan fingerprint density at radius 3 is 2.89 bits per heavy atom. The van der Waals surface area contributed by atoms with E-state index in [1.54, 1.807) is 13.0 Å². The van der Waals surface area contributed by atoms with Crippen LogP contribution in [0.1, 0.15) is 30.3 Å². The summed E-state index contributed by atoms with van der Waals surface area (Å²) >= 11 is 0. The zero-order valence-electron chi connectivity index (χ0n) is 10.5. The molecule has 19 heavy (non-hydrogen) atoms. The van der Waals surface area contributed by atoms with Gasteiger partial charge in [-0.15, -0.1) is 0 Å². The van der Waals surface area contributed by atoms with Crippen LogP contribution in [0.3, 0.4) is 0 Å². The van der Waals surface area contributed by atoms with Gasteiger partial charge in [0.05, 0.1) is 12.3 Å². The van der Waals surface area contributed by atoms with Gasteiger partial charge in [-0.3, -0.25) is 4.79 Å². The summed E-state index contributed by atoms with van der Waals surface area (Å²) in [6.45, 7) is 1.25. The van der Waals surface area contributed by atoms with Crippen molar-refractivity contribution in [1.29, 1.82) is 5.26 Å². The molecule has 0 bridgehead atoms. The highest BCUT2D eigenvalue weighted by Crippen LogP contribution is 2.39. The van der Waals surface area contributed by atoms with Gasteiger partial charge in [-0.1, -0.05) is 0 Å². The van der Waals surface area contributed by atoms with Crippen LogP contribution in [0.25, 0.3) is 0 Å². The van der Waals surface area contributed by atoms with Gasteiger partial charge in [-0.05, 0) is 37.8 Å². The molecule has 2 rings (SSSR count). The molecule has 100 valence electrons. The lowest BCUT2D eigenvalue weighted by Gasteiger charge is -2.22. The van der Waals surface area contributed by atoms with Gasteiger partial charge in [0.1, 0.15) is 5.54 Å². The molecule has 0 saturated heterocycles. The Hall–Kier alpha value is -2.29. The minimum absolute atomic E-state index is 0.0398. The predicted molar refractivity (Wildman–Crippen MR) is 63.9 cm³/mol. The molecule has 1 heterocycles. The van der Waals surface area contributed by atoms with Crippen molar-refractivity contribution in [1.82, 2.24) is 5.32 Å². The van der Waals surface area contributed by atoms with Gasteiger partial charge in [0.2, 0.25) is 5.76 Å². The third-order valence-corrected chi connectivity index (χ3v) is 3.08. The zero-order valence-corrected chi connectivity index (χ0v) is 10.5. The van der Waals surface area contributed by atoms with Crippen LogP contribution in [0.15, 0.2) is 22.8 Å². The van der Waals surface area contributed by atoms with Crippen LogP contribution in [-0.4, -0.2) is 24.0 Å². The number of ether oxygens (including phenoxy) is 1. The van der Waals surface area contributed by atoms with E-state index in [0.717, 1.165) is 12.8 Å². The molecule has 0 spiro atoms. The van der Waals surface area contributed by atoms with Crippen LogP contribution in [0, 0.1) is 17.2 Å². The van der Waals surface area contributed by atoms with Crippen molar-refractivity contribution in [3.63, 3.8) is 0 Å². The summed E-state index contributed by atoms with van der Waals surface area (Å²) in [5.41, 5.74) is -0.881. The number of hydrogen-bond donors (Lipinski definition) is 1. The second-order valence-corrected chi connectivity index (χ2v) is 4.69. The van der Waals surface area contributed by atoms with Crippen molar-refractivity contribution >= 4 is 11.9 Å². The Labute approximate surface area is 110 Å². The predicted octanol–water partition coefficient (Wildman–Crippen LogP) is 1.24. The molecule has 0 radical (unpaired) electrons. The molecule has 6 heteroatoms. The van der Waals surface area contributed by atoms with E-state index in [1.165, 1.54) is 12.3 Å². The second kappa shape index (κ2) is 5.14. The molecule has 1 aromatic rings. The van der Waals surface area contributed by atoms with Crippen molar-refractivity contribution in [2.24, 2.45) is 5.92 Å². The average molecular weight is 262 g/mol. The van der Waals surface area contributed by atoms with Crippen LogP contribution < -0.4 is 5.32 Å². The van der Waals surface area contributed by atoms with Crippen molar-refractivity contribution in [2.75, 3.05) is 6.61 Å². The monoisotopic (exact) mass is 262 g/mol. The van der Waals surface area contributed by atoms with E-state index in [-0.39, 0.29) is 11.7 Å². The lowest BCUT2D eigenvalue weighted by molar-refractivity contribution is -0.125. The average Bonchev–Trinajstić information content (AvgIpc) is 3.12. The number of esters is 1. The molecule has 1 amide bonds. The molecule has 0 aliphatic heterocycles. The Kier molecular flexibility index (Phi) is 3.56. The highest BCUT2D eigenvalue weighted by Gasteiger charge is 2.43. The molecule has 0 unspecified atom stereocenters. The molecule has 1 fully saturated rings. The molecule has 1 N–H and O–H groups in total. The number of furan rings is 1. The van der Waals surface area contributed by atoms with E-state index >= 15 is 0 Å². The number of carbonyl (C=O) groups is 2. The number of nitrogens with one attached hydrogen (secondary N) is 1. The van der Waals surface area contributed by atoms with E-state index in [0.29, 0.717) is 0 Å². The summed E-state index contributed by atoms with van der Waals surface area (Å²) in [5.74, 6) is -0.971. The first kappa shape index (κ1) is 13.1. The summed E-state index contributed by atoms with van der Waals surface area (Å²) in [7, 11) is 0. The first-order valence-electron chi connectivity index (χ1n) is 5.98. The maximum Gasteiger partial charge on any atom is 0.374 e. The molecular weight excluding hydrogens is 248 g/mol. The maximum atomic E-state index is 11.7. The van der Waals surface area contributed by atoms with Gasteiger partial charge in [-0.2, -0.15) is 5.26 Å². The Bertz CT molecular complexity index is 513. The third-order valence-electron chi connectivity index (χ3n) is 3.08. The summed E-state index contributed by atoms with van der Waals surface area (Å²) in [6, 6.07) is 5.10. The van der Waals surface area contributed by atoms with Crippen LogP contribution in [0.2, 0.25) is 0 Å². The fraction of sp³-hybridized carbons (Fsp3) is 0.462. The summed E-state index contributed by atoms with van der Waals surface area (Å²) < 4.78 is 9.62. The van der Waals surface area contributed by atoms with Gasteiger partial charge in [-0.25, -0.2) is 4.79 Å². The zero-order chi connectivity index (χ0) is 13.9. The van der Waals surface area contributed by atoms with Crippen molar-refractivity contribution in [3.8, 4) is 6.07 Å². The van der Waals surface area contributed by atoms with Crippen molar-refractivity contribution < 1.29 is 18.7 Å². The van der Waals surface area contributed by atoms with Crippen molar-refractivity contribution in [3.05, 3.63) is 24.2 Å². The van der Waals surface area contributed by atoms with Gasteiger partial charge in [0.15, 0.2) is 6.61 Å². The van der Waals surface area contributed by atoms with Crippen LogP contribution in [-0.2, 0) is 9.53 Å². The normalized spacial score (nSPS) is 17.1. The molecule has 1 aliphatic carbocycles. The number of amides is 1. The molecule has 1 saturated carbocycles. The lowest BCUT2D eigenvalue weighted by atomic mass is 9.98. The first-order chi connectivity index (χ1) is 9.05. The summed E-state index contributed by atoms with van der Waals surface area (Å²) in [4.78, 5) is 23.1. The van der Waals surface area contributed by atoms with E-state index in [1.807, 2.05) is 0 Å². The van der Waals surface area contributed by atoms with Gasteiger partial charge in [0, 0.05) is 0 Å². The van der Waals surface area contributed by atoms with E-state index in [4.69, 9.17) is 14.4 Å². The molecule has 6 nitrogen and oxygen atoms in total. The third kappa shape index (κ3) is 3.13. The van der Waals surface area contributed by atoms with Crippen molar-refractivity contribution in [2.45, 2.75) is 25.3 Å². The standard InChI is InChI=1S/C13H14N2O4/c1-13(8-14,9-4-5-9)15-11(16)7-19-12(17)10-3-2-6-18-10/h2-3,6,9H,4-5,7H2,1H3,(H,15,16)/t13-/m1/s1. The molecular formula is C13H14N2O4. The quantitative estimate of drug-likeness (QED) is 0.806. The number of carbonyl (C=O) groups excluding carboxylic acids is 2.